The number of halogens is 1. The highest BCUT2D eigenvalue weighted by atomic mass is 32.2. The third kappa shape index (κ3) is 3.61. The van der Waals surface area contributed by atoms with Gasteiger partial charge in [-0.25, -0.2) is 17.5 Å². The fourth-order valence-electron chi connectivity index (χ4n) is 1.31. The van der Waals surface area contributed by atoms with Crippen LogP contribution in [-0.4, -0.2) is 20.2 Å². The maximum absolute atomic E-state index is 12.9. The summed E-state index contributed by atoms with van der Waals surface area (Å²) in [6, 6.07) is 3.82. The molecule has 0 heterocycles. The van der Waals surface area contributed by atoms with E-state index in [2.05, 4.69) is 4.72 Å². The first-order valence-electron chi connectivity index (χ1n) is 5.17. The maximum Gasteiger partial charge on any atom is 0.241 e. The van der Waals surface area contributed by atoms with Crippen LogP contribution in [-0.2, 0) is 14.8 Å². The average molecular weight is 259 g/mol. The molecule has 1 aromatic rings. The second kappa shape index (κ2) is 5.37. The van der Waals surface area contributed by atoms with Gasteiger partial charge in [-0.2, -0.15) is 0 Å². The van der Waals surface area contributed by atoms with Crippen molar-refractivity contribution in [3.63, 3.8) is 0 Å². The zero-order valence-corrected chi connectivity index (χ0v) is 10.4. The minimum Gasteiger partial charge on any atom is -0.298 e. The fraction of sp³-hybridized carbons (Fsp3) is 0.364. The molecule has 0 aliphatic carbocycles. The highest BCUT2D eigenvalue weighted by molar-refractivity contribution is 7.89. The quantitative estimate of drug-likeness (QED) is 0.871. The SMILES string of the molecule is CCC(=O)C(C)NS(=O)(=O)c1cccc(F)c1. The predicted molar refractivity (Wildman–Crippen MR) is 61.5 cm³/mol. The molecule has 0 aliphatic rings. The Balaban J connectivity index is 2.93. The fourth-order valence-corrected chi connectivity index (χ4v) is 2.57. The summed E-state index contributed by atoms with van der Waals surface area (Å²) < 4.78 is 38.7. The van der Waals surface area contributed by atoms with E-state index in [0.29, 0.717) is 0 Å². The van der Waals surface area contributed by atoms with Crippen molar-refractivity contribution in [3.05, 3.63) is 30.1 Å². The van der Waals surface area contributed by atoms with Gasteiger partial charge in [-0.3, -0.25) is 4.79 Å². The lowest BCUT2D eigenvalue weighted by Gasteiger charge is -2.12. The van der Waals surface area contributed by atoms with E-state index in [4.69, 9.17) is 0 Å². The summed E-state index contributed by atoms with van der Waals surface area (Å²) in [7, 11) is -3.85. The van der Waals surface area contributed by atoms with E-state index in [-0.39, 0.29) is 17.1 Å². The lowest BCUT2D eigenvalue weighted by molar-refractivity contribution is -0.119. The Hall–Kier alpha value is -1.27. The second-order valence-electron chi connectivity index (χ2n) is 3.62. The molecule has 6 heteroatoms. The number of Topliss-reactive ketones (excluding diaryl/α,β-unsaturated/α-hetero) is 1. The van der Waals surface area contributed by atoms with Crippen LogP contribution >= 0.6 is 0 Å². The largest absolute Gasteiger partial charge is 0.298 e. The Morgan fingerprint density at radius 2 is 2.12 bits per heavy atom. The monoisotopic (exact) mass is 259 g/mol. The van der Waals surface area contributed by atoms with E-state index in [0.717, 1.165) is 12.1 Å². The van der Waals surface area contributed by atoms with Crippen LogP contribution in [0, 0.1) is 5.82 Å². The van der Waals surface area contributed by atoms with Gasteiger partial charge in [-0.1, -0.05) is 13.0 Å². The number of carbonyl (C=O) groups is 1. The van der Waals surface area contributed by atoms with E-state index < -0.39 is 21.9 Å². The van der Waals surface area contributed by atoms with Crippen molar-refractivity contribution in [1.82, 2.24) is 4.72 Å². The van der Waals surface area contributed by atoms with E-state index in [9.17, 15) is 17.6 Å². The molecule has 1 atom stereocenters. The number of hydrogen-bond acceptors (Lipinski definition) is 3. The molecule has 0 aromatic heterocycles. The van der Waals surface area contributed by atoms with Crippen LogP contribution in [0.2, 0.25) is 0 Å². The number of sulfonamides is 1. The topological polar surface area (TPSA) is 63.2 Å². The Bertz CT molecular complexity index is 513. The third-order valence-corrected chi connectivity index (χ3v) is 3.81. The molecular formula is C11H14FNO3S. The molecule has 0 saturated carbocycles. The number of nitrogens with one attached hydrogen (secondary N) is 1. The molecule has 0 fully saturated rings. The summed E-state index contributed by atoms with van der Waals surface area (Å²) in [6.07, 6.45) is 0.243. The molecule has 1 N–H and O–H groups in total. The first-order valence-corrected chi connectivity index (χ1v) is 6.65. The van der Waals surface area contributed by atoms with Gasteiger partial charge in [-0.05, 0) is 25.1 Å². The third-order valence-electron chi connectivity index (χ3n) is 2.27. The molecule has 1 aromatic carbocycles. The molecule has 17 heavy (non-hydrogen) atoms. The van der Waals surface area contributed by atoms with E-state index in [1.54, 1.807) is 6.92 Å². The Kier molecular flexibility index (Phi) is 4.36. The minimum absolute atomic E-state index is 0.187. The lowest BCUT2D eigenvalue weighted by atomic mass is 10.2. The molecular weight excluding hydrogens is 245 g/mol. The standard InChI is InChI=1S/C11H14FNO3S/c1-3-11(14)8(2)13-17(15,16)10-6-4-5-9(12)7-10/h4-8,13H,3H2,1-2H3. The van der Waals surface area contributed by atoms with Gasteiger partial charge >= 0.3 is 0 Å². The van der Waals surface area contributed by atoms with Crippen LogP contribution in [0.25, 0.3) is 0 Å². The molecule has 0 spiro atoms. The molecule has 0 amide bonds. The summed E-state index contributed by atoms with van der Waals surface area (Å²) in [4.78, 5) is 11.1. The van der Waals surface area contributed by atoms with Crippen molar-refractivity contribution in [1.29, 1.82) is 0 Å². The smallest absolute Gasteiger partial charge is 0.241 e. The van der Waals surface area contributed by atoms with Crippen LogP contribution < -0.4 is 4.72 Å². The average Bonchev–Trinajstić information content (AvgIpc) is 2.27. The van der Waals surface area contributed by atoms with Gasteiger partial charge in [-0.15, -0.1) is 0 Å². The number of rotatable bonds is 5. The predicted octanol–water partition coefficient (Wildman–Crippen LogP) is 1.47. The van der Waals surface area contributed by atoms with Gasteiger partial charge < -0.3 is 0 Å². The molecule has 0 aliphatic heterocycles. The van der Waals surface area contributed by atoms with Crippen molar-refractivity contribution < 1.29 is 17.6 Å². The van der Waals surface area contributed by atoms with Crippen molar-refractivity contribution in [2.45, 2.75) is 31.2 Å². The van der Waals surface area contributed by atoms with Crippen LogP contribution in [0.5, 0.6) is 0 Å². The van der Waals surface area contributed by atoms with Crippen molar-refractivity contribution in [2.24, 2.45) is 0 Å². The first kappa shape index (κ1) is 13.8. The Morgan fingerprint density at radius 3 is 2.65 bits per heavy atom. The number of benzene rings is 1. The second-order valence-corrected chi connectivity index (χ2v) is 5.33. The number of carbonyl (C=O) groups excluding carboxylic acids is 1. The van der Waals surface area contributed by atoms with E-state index in [1.807, 2.05) is 0 Å². The van der Waals surface area contributed by atoms with Gasteiger partial charge in [0, 0.05) is 6.42 Å². The molecule has 1 unspecified atom stereocenters. The summed E-state index contributed by atoms with van der Waals surface area (Å²) >= 11 is 0. The highest BCUT2D eigenvalue weighted by Gasteiger charge is 2.21. The van der Waals surface area contributed by atoms with Gasteiger partial charge in [0.25, 0.3) is 0 Å². The minimum atomic E-state index is -3.85. The van der Waals surface area contributed by atoms with E-state index in [1.165, 1.54) is 19.1 Å². The zero-order chi connectivity index (χ0) is 13.1. The molecule has 0 saturated heterocycles. The number of ketones is 1. The molecule has 94 valence electrons. The molecule has 0 radical (unpaired) electrons. The molecule has 0 bridgehead atoms. The summed E-state index contributed by atoms with van der Waals surface area (Å²) in [5.41, 5.74) is 0. The van der Waals surface area contributed by atoms with Gasteiger partial charge in [0.15, 0.2) is 0 Å². The van der Waals surface area contributed by atoms with Crippen LogP contribution in [0.3, 0.4) is 0 Å². The summed E-state index contributed by atoms with van der Waals surface area (Å²) in [5.74, 6) is -0.854. The van der Waals surface area contributed by atoms with Crippen LogP contribution in [0.15, 0.2) is 29.2 Å². The normalized spacial score (nSPS) is 13.4. The summed E-state index contributed by atoms with van der Waals surface area (Å²) in [5, 5.41) is 0. The van der Waals surface area contributed by atoms with E-state index >= 15 is 0 Å². The van der Waals surface area contributed by atoms with Crippen LogP contribution in [0.4, 0.5) is 4.39 Å². The Labute approximate surface area is 99.9 Å². The summed E-state index contributed by atoms with van der Waals surface area (Å²) in [6.45, 7) is 3.11. The molecule has 4 nitrogen and oxygen atoms in total. The first-order chi connectivity index (χ1) is 7.86. The van der Waals surface area contributed by atoms with Crippen LogP contribution in [0.1, 0.15) is 20.3 Å². The zero-order valence-electron chi connectivity index (χ0n) is 9.60. The Morgan fingerprint density at radius 1 is 1.47 bits per heavy atom. The van der Waals surface area contributed by atoms with Gasteiger partial charge in [0.05, 0.1) is 10.9 Å². The lowest BCUT2D eigenvalue weighted by Crippen LogP contribution is -2.38. The van der Waals surface area contributed by atoms with Crippen molar-refractivity contribution in [2.75, 3.05) is 0 Å². The molecule has 1 rings (SSSR count). The number of hydrogen-bond donors (Lipinski definition) is 1. The van der Waals surface area contributed by atoms with Crippen molar-refractivity contribution >= 4 is 15.8 Å². The highest BCUT2D eigenvalue weighted by Crippen LogP contribution is 2.11. The maximum atomic E-state index is 12.9. The van der Waals surface area contributed by atoms with Gasteiger partial charge in [0.1, 0.15) is 11.6 Å². The van der Waals surface area contributed by atoms with Gasteiger partial charge in [0.2, 0.25) is 10.0 Å². The van der Waals surface area contributed by atoms with Crippen molar-refractivity contribution in [3.8, 4) is 0 Å².